The Morgan fingerprint density at radius 2 is 2.06 bits per heavy atom. The Labute approximate surface area is 108 Å². The Morgan fingerprint density at radius 3 is 2.67 bits per heavy atom. The number of hydrogen-bond donors (Lipinski definition) is 1. The molecule has 2 heterocycles. The predicted octanol–water partition coefficient (Wildman–Crippen LogP) is 2.40. The van der Waals surface area contributed by atoms with E-state index in [1.807, 2.05) is 6.07 Å². The lowest BCUT2D eigenvalue weighted by Crippen LogP contribution is -2.37. The summed E-state index contributed by atoms with van der Waals surface area (Å²) in [6, 6.07) is 5.19. The van der Waals surface area contributed by atoms with Crippen LogP contribution in [0, 0.1) is 5.41 Å². The summed E-state index contributed by atoms with van der Waals surface area (Å²) in [5.41, 5.74) is 1.41. The molecule has 1 aromatic heterocycles. The third-order valence-electron chi connectivity index (χ3n) is 3.62. The van der Waals surface area contributed by atoms with Crippen molar-refractivity contribution in [2.24, 2.45) is 5.41 Å². The van der Waals surface area contributed by atoms with Crippen LogP contribution in [0.25, 0.3) is 0 Å². The number of pyridine rings is 1. The van der Waals surface area contributed by atoms with Gasteiger partial charge in [-0.2, -0.15) is 0 Å². The van der Waals surface area contributed by atoms with Gasteiger partial charge < -0.3 is 5.11 Å². The lowest BCUT2D eigenvalue weighted by Gasteiger charge is -2.36. The third-order valence-corrected chi connectivity index (χ3v) is 3.62. The van der Waals surface area contributed by atoms with E-state index in [4.69, 9.17) is 5.11 Å². The van der Waals surface area contributed by atoms with Crippen molar-refractivity contribution in [3.8, 4) is 0 Å². The Bertz CT molecular complexity index is 433. The van der Waals surface area contributed by atoms with Crippen LogP contribution in [0.4, 0.5) is 0 Å². The number of carboxylic acid groups (broad SMARTS) is 1. The number of aromatic carboxylic acids is 1. The maximum absolute atomic E-state index is 10.9. The fraction of sp³-hybridized carbons (Fsp3) is 0.571. The number of likely N-dealkylation sites (tertiary alicyclic amines) is 1. The molecule has 1 aliphatic rings. The number of rotatable bonds is 3. The number of carbonyl (C=O) groups is 1. The number of nitrogens with zero attached hydrogens (tertiary/aromatic N) is 2. The van der Waals surface area contributed by atoms with Gasteiger partial charge in [-0.3, -0.25) is 4.90 Å². The zero-order valence-corrected chi connectivity index (χ0v) is 11.0. The largest absolute Gasteiger partial charge is 0.477 e. The van der Waals surface area contributed by atoms with E-state index in [1.54, 1.807) is 6.07 Å². The second-order valence-corrected chi connectivity index (χ2v) is 5.76. The molecule has 0 radical (unpaired) electrons. The molecule has 1 N–H and O–H groups in total. The van der Waals surface area contributed by atoms with Crippen LogP contribution in [0.1, 0.15) is 42.9 Å². The molecular formula is C14H20N2O2. The Hall–Kier alpha value is -1.42. The summed E-state index contributed by atoms with van der Waals surface area (Å²) in [6.45, 7) is 7.47. The molecule has 1 fully saturated rings. The van der Waals surface area contributed by atoms with Crippen LogP contribution >= 0.6 is 0 Å². The summed E-state index contributed by atoms with van der Waals surface area (Å²) in [4.78, 5) is 17.4. The molecule has 0 saturated carbocycles. The lowest BCUT2D eigenvalue weighted by atomic mass is 9.83. The van der Waals surface area contributed by atoms with E-state index in [0.29, 0.717) is 5.41 Å². The molecule has 1 aromatic rings. The van der Waals surface area contributed by atoms with Gasteiger partial charge in [0.05, 0.1) is 5.69 Å². The van der Waals surface area contributed by atoms with Crippen molar-refractivity contribution >= 4 is 5.97 Å². The second kappa shape index (κ2) is 5.06. The van der Waals surface area contributed by atoms with Gasteiger partial charge in [0.2, 0.25) is 0 Å². The summed E-state index contributed by atoms with van der Waals surface area (Å²) < 4.78 is 0. The highest BCUT2D eigenvalue weighted by Gasteiger charge is 2.25. The van der Waals surface area contributed by atoms with Crippen LogP contribution in [0.5, 0.6) is 0 Å². The normalized spacial score (nSPS) is 19.7. The van der Waals surface area contributed by atoms with Crippen molar-refractivity contribution < 1.29 is 9.90 Å². The Balaban J connectivity index is 1.98. The van der Waals surface area contributed by atoms with Crippen molar-refractivity contribution in [2.45, 2.75) is 33.2 Å². The van der Waals surface area contributed by atoms with E-state index >= 15 is 0 Å². The van der Waals surface area contributed by atoms with Gasteiger partial charge >= 0.3 is 5.97 Å². The molecule has 1 aliphatic heterocycles. The Morgan fingerprint density at radius 1 is 1.39 bits per heavy atom. The molecule has 0 bridgehead atoms. The Kier molecular flexibility index (Phi) is 3.66. The molecule has 0 aliphatic carbocycles. The molecule has 0 atom stereocenters. The van der Waals surface area contributed by atoms with E-state index in [9.17, 15) is 4.79 Å². The average Bonchev–Trinajstić information content (AvgIpc) is 2.32. The second-order valence-electron chi connectivity index (χ2n) is 5.76. The average molecular weight is 248 g/mol. The van der Waals surface area contributed by atoms with Gasteiger partial charge in [-0.1, -0.05) is 19.9 Å². The van der Waals surface area contributed by atoms with Crippen molar-refractivity contribution in [1.29, 1.82) is 0 Å². The first-order chi connectivity index (χ1) is 8.46. The van der Waals surface area contributed by atoms with Gasteiger partial charge in [-0.15, -0.1) is 0 Å². The highest BCUT2D eigenvalue weighted by atomic mass is 16.4. The highest BCUT2D eigenvalue weighted by Crippen LogP contribution is 2.30. The predicted molar refractivity (Wildman–Crippen MR) is 69.5 cm³/mol. The van der Waals surface area contributed by atoms with Crippen LogP contribution < -0.4 is 0 Å². The maximum Gasteiger partial charge on any atom is 0.354 e. The number of hydrogen-bond acceptors (Lipinski definition) is 3. The topological polar surface area (TPSA) is 53.4 Å². The van der Waals surface area contributed by atoms with Crippen LogP contribution in [-0.4, -0.2) is 34.0 Å². The molecule has 0 spiro atoms. The van der Waals surface area contributed by atoms with E-state index in [-0.39, 0.29) is 5.69 Å². The van der Waals surface area contributed by atoms with E-state index < -0.39 is 5.97 Å². The summed E-state index contributed by atoms with van der Waals surface area (Å²) in [7, 11) is 0. The van der Waals surface area contributed by atoms with Crippen LogP contribution in [0.3, 0.4) is 0 Å². The lowest BCUT2D eigenvalue weighted by molar-refractivity contribution is 0.0689. The SMILES string of the molecule is CC1(C)CCN(Cc2cccc(C(=O)O)n2)CC1. The fourth-order valence-electron chi connectivity index (χ4n) is 2.23. The highest BCUT2D eigenvalue weighted by molar-refractivity contribution is 5.85. The van der Waals surface area contributed by atoms with Gasteiger partial charge in [-0.05, 0) is 43.5 Å². The zero-order valence-electron chi connectivity index (χ0n) is 11.0. The van der Waals surface area contributed by atoms with Crippen LogP contribution in [-0.2, 0) is 6.54 Å². The fourth-order valence-corrected chi connectivity index (χ4v) is 2.23. The molecular weight excluding hydrogens is 228 g/mol. The first kappa shape index (κ1) is 13.0. The van der Waals surface area contributed by atoms with Crippen molar-refractivity contribution in [3.63, 3.8) is 0 Å². The van der Waals surface area contributed by atoms with E-state index in [0.717, 1.165) is 25.3 Å². The monoisotopic (exact) mass is 248 g/mol. The summed E-state index contributed by atoms with van der Waals surface area (Å²) >= 11 is 0. The van der Waals surface area contributed by atoms with Gasteiger partial charge in [-0.25, -0.2) is 9.78 Å². The van der Waals surface area contributed by atoms with Gasteiger partial charge in [0, 0.05) is 6.54 Å². The molecule has 4 heteroatoms. The van der Waals surface area contributed by atoms with Crippen molar-refractivity contribution in [2.75, 3.05) is 13.1 Å². The standard InChI is InChI=1S/C14H20N2O2/c1-14(2)6-8-16(9-7-14)10-11-4-3-5-12(15-11)13(17)18/h3-5H,6-10H2,1-2H3,(H,17,18). The quantitative estimate of drug-likeness (QED) is 0.892. The smallest absolute Gasteiger partial charge is 0.354 e. The van der Waals surface area contributed by atoms with Gasteiger partial charge in [0.15, 0.2) is 0 Å². The van der Waals surface area contributed by atoms with E-state index in [2.05, 4.69) is 23.7 Å². The van der Waals surface area contributed by atoms with Crippen LogP contribution in [0.2, 0.25) is 0 Å². The molecule has 4 nitrogen and oxygen atoms in total. The molecule has 0 aromatic carbocycles. The van der Waals surface area contributed by atoms with Crippen LogP contribution in [0.15, 0.2) is 18.2 Å². The van der Waals surface area contributed by atoms with E-state index in [1.165, 1.54) is 18.9 Å². The first-order valence-corrected chi connectivity index (χ1v) is 6.38. The molecule has 98 valence electrons. The minimum absolute atomic E-state index is 0.129. The maximum atomic E-state index is 10.9. The van der Waals surface area contributed by atoms with Crippen molar-refractivity contribution in [1.82, 2.24) is 9.88 Å². The summed E-state index contributed by atoms with van der Waals surface area (Å²) in [5.74, 6) is -0.961. The number of piperidine rings is 1. The van der Waals surface area contributed by atoms with Crippen molar-refractivity contribution in [3.05, 3.63) is 29.6 Å². The number of carboxylic acids is 1. The molecule has 0 amide bonds. The van der Waals surface area contributed by atoms with Gasteiger partial charge in [0.1, 0.15) is 5.69 Å². The summed E-state index contributed by atoms with van der Waals surface area (Å²) in [5, 5.41) is 8.91. The zero-order chi connectivity index (χ0) is 13.2. The molecule has 18 heavy (non-hydrogen) atoms. The number of aromatic nitrogens is 1. The minimum Gasteiger partial charge on any atom is -0.477 e. The van der Waals surface area contributed by atoms with Gasteiger partial charge in [0.25, 0.3) is 0 Å². The first-order valence-electron chi connectivity index (χ1n) is 6.38. The molecule has 0 unspecified atom stereocenters. The minimum atomic E-state index is -0.961. The molecule has 1 saturated heterocycles. The summed E-state index contributed by atoms with van der Waals surface area (Å²) in [6.07, 6.45) is 2.37. The third kappa shape index (κ3) is 3.29. The molecule has 2 rings (SSSR count).